The molecule has 174 valence electrons. The lowest BCUT2D eigenvalue weighted by Gasteiger charge is -2.08. The Morgan fingerprint density at radius 2 is 1.70 bits per heavy atom. The Labute approximate surface area is 192 Å². The highest BCUT2D eigenvalue weighted by atomic mass is 32.2. The average Bonchev–Trinajstić information content (AvgIpc) is 3.27. The Morgan fingerprint density at radius 1 is 0.970 bits per heavy atom. The summed E-state index contributed by atoms with van der Waals surface area (Å²) < 4.78 is 23.8. The number of hydrogen-bond donors (Lipinski definition) is 2. The molecule has 0 aliphatic rings. The number of nitrogens with one attached hydrogen (secondary N) is 2. The predicted molar refractivity (Wildman–Crippen MR) is 123 cm³/mol. The second-order valence-corrected chi connectivity index (χ2v) is 9.69. The first-order valence-electron chi connectivity index (χ1n) is 10.6. The fourth-order valence-electron chi connectivity index (χ4n) is 3.02. The minimum Gasteiger partial charge on any atom is -0.272 e. The summed E-state index contributed by atoms with van der Waals surface area (Å²) in [5.41, 5.74) is 6.41. The fourth-order valence-corrected chi connectivity index (χ4v) is 4.28. The molecule has 0 aliphatic heterocycles. The molecule has 0 saturated carbocycles. The minimum absolute atomic E-state index is 0.0445. The third-order valence-electron chi connectivity index (χ3n) is 4.75. The van der Waals surface area contributed by atoms with Gasteiger partial charge in [-0.3, -0.25) is 20.4 Å². The molecule has 1 heterocycles. The number of tetrazole rings is 1. The number of hydrogen-bond acceptors (Lipinski definition) is 7. The lowest BCUT2D eigenvalue weighted by molar-refractivity contribution is -0.119. The Morgan fingerprint density at radius 3 is 2.39 bits per heavy atom. The van der Waals surface area contributed by atoms with E-state index in [9.17, 15) is 18.0 Å². The van der Waals surface area contributed by atoms with E-state index in [1.54, 1.807) is 24.3 Å². The van der Waals surface area contributed by atoms with Gasteiger partial charge in [0, 0.05) is 11.1 Å². The molecule has 11 heteroatoms. The van der Waals surface area contributed by atoms with E-state index in [1.165, 1.54) is 4.80 Å². The summed E-state index contributed by atoms with van der Waals surface area (Å²) in [5.74, 6) is -1.51. The molecule has 0 aliphatic carbocycles. The van der Waals surface area contributed by atoms with Crippen LogP contribution in [0.2, 0.25) is 0 Å². The van der Waals surface area contributed by atoms with Crippen molar-refractivity contribution in [3.05, 3.63) is 65.7 Å². The van der Waals surface area contributed by atoms with Crippen LogP contribution in [0.1, 0.15) is 42.1 Å². The van der Waals surface area contributed by atoms with Gasteiger partial charge in [-0.2, -0.15) is 4.80 Å². The van der Waals surface area contributed by atoms with E-state index in [-0.39, 0.29) is 5.75 Å². The van der Waals surface area contributed by atoms with Gasteiger partial charge in [-0.25, -0.2) is 8.42 Å². The predicted octanol–water partition coefficient (Wildman–Crippen LogP) is 1.75. The van der Waals surface area contributed by atoms with Gasteiger partial charge in [-0.05, 0) is 29.3 Å². The van der Waals surface area contributed by atoms with Gasteiger partial charge in [0.25, 0.3) is 11.8 Å². The van der Waals surface area contributed by atoms with Crippen LogP contribution >= 0.6 is 0 Å². The molecule has 1 aromatic heterocycles. The van der Waals surface area contributed by atoms with E-state index in [0.717, 1.165) is 24.0 Å². The summed E-state index contributed by atoms with van der Waals surface area (Å²) in [5, 5.41) is 12.4. The van der Waals surface area contributed by atoms with E-state index < -0.39 is 27.4 Å². The molecule has 10 nitrogen and oxygen atoms in total. The lowest BCUT2D eigenvalue weighted by atomic mass is 10.1. The van der Waals surface area contributed by atoms with Crippen molar-refractivity contribution < 1.29 is 18.0 Å². The number of carbonyl (C=O) groups is 2. The Bertz CT molecular complexity index is 1180. The maximum atomic E-state index is 12.2. The highest BCUT2D eigenvalue weighted by Crippen LogP contribution is 2.12. The third-order valence-corrected chi connectivity index (χ3v) is 6.36. The largest absolute Gasteiger partial charge is 0.272 e. The molecular formula is C22H26N6O4S. The summed E-state index contributed by atoms with van der Waals surface area (Å²) in [7, 11) is -3.50. The van der Waals surface area contributed by atoms with Crippen molar-refractivity contribution in [3.63, 3.8) is 0 Å². The number of benzene rings is 2. The van der Waals surface area contributed by atoms with E-state index in [4.69, 9.17) is 0 Å². The van der Waals surface area contributed by atoms with Crippen LogP contribution in [0.3, 0.4) is 0 Å². The molecule has 0 radical (unpaired) electrons. The van der Waals surface area contributed by atoms with Crippen LogP contribution in [0.5, 0.6) is 0 Å². The van der Waals surface area contributed by atoms with Crippen LogP contribution < -0.4 is 10.9 Å². The molecule has 0 unspecified atom stereocenters. The number of rotatable bonds is 10. The summed E-state index contributed by atoms with van der Waals surface area (Å²) in [6, 6.07) is 16.2. The van der Waals surface area contributed by atoms with E-state index in [1.807, 2.05) is 37.3 Å². The van der Waals surface area contributed by atoms with Crippen molar-refractivity contribution in [2.75, 3.05) is 11.5 Å². The molecule has 0 atom stereocenters. The lowest BCUT2D eigenvalue weighted by Crippen LogP contribution is -2.44. The standard InChI is InChI=1S/C22H26N6O4S/c1-2-3-7-14-33(31,32)16-20(29)23-25-22(30)19-12-10-17(11-13-19)15-28-26-21(24-27-28)18-8-5-4-6-9-18/h4-6,8-13H,2-3,7,14-16H2,1H3,(H,23,29)(H,25,30). The zero-order valence-corrected chi connectivity index (χ0v) is 19.1. The van der Waals surface area contributed by atoms with Gasteiger partial charge in [-0.15, -0.1) is 10.2 Å². The van der Waals surface area contributed by atoms with Crippen molar-refractivity contribution in [2.24, 2.45) is 0 Å². The topological polar surface area (TPSA) is 136 Å². The summed E-state index contributed by atoms with van der Waals surface area (Å²) in [4.78, 5) is 25.6. The molecule has 3 aromatic rings. The summed E-state index contributed by atoms with van der Waals surface area (Å²) in [6.45, 7) is 2.34. The fraction of sp³-hybridized carbons (Fsp3) is 0.318. The highest BCUT2D eigenvalue weighted by molar-refractivity contribution is 7.92. The van der Waals surface area contributed by atoms with Gasteiger partial charge in [0.05, 0.1) is 12.3 Å². The first kappa shape index (κ1) is 24.1. The maximum Gasteiger partial charge on any atom is 0.269 e. The summed E-state index contributed by atoms with van der Waals surface area (Å²) in [6.07, 6.45) is 2.19. The van der Waals surface area contributed by atoms with E-state index in [2.05, 4.69) is 26.3 Å². The Balaban J connectivity index is 1.49. The molecule has 3 rings (SSSR count). The molecule has 33 heavy (non-hydrogen) atoms. The second-order valence-electron chi connectivity index (χ2n) is 7.51. The number of unbranched alkanes of at least 4 members (excludes halogenated alkanes) is 2. The van der Waals surface area contributed by atoms with Crippen LogP contribution in [-0.2, 0) is 21.2 Å². The molecule has 0 fully saturated rings. The van der Waals surface area contributed by atoms with Crippen molar-refractivity contribution in [3.8, 4) is 11.4 Å². The molecule has 0 bridgehead atoms. The molecule has 0 saturated heterocycles. The average molecular weight is 471 g/mol. The number of hydrazine groups is 1. The van der Waals surface area contributed by atoms with Crippen molar-refractivity contribution in [1.29, 1.82) is 0 Å². The van der Waals surface area contributed by atoms with Crippen LogP contribution in [-0.4, -0.2) is 51.9 Å². The van der Waals surface area contributed by atoms with Gasteiger partial charge < -0.3 is 0 Å². The Hall–Kier alpha value is -3.60. The number of carbonyl (C=O) groups excluding carboxylic acids is 2. The van der Waals surface area contributed by atoms with Crippen LogP contribution in [0, 0.1) is 0 Å². The van der Waals surface area contributed by atoms with Gasteiger partial charge in [0.1, 0.15) is 5.75 Å². The number of aromatic nitrogens is 4. The minimum atomic E-state index is -3.50. The normalized spacial score (nSPS) is 11.2. The highest BCUT2D eigenvalue weighted by Gasteiger charge is 2.17. The monoisotopic (exact) mass is 470 g/mol. The number of nitrogens with zero attached hydrogens (tertiary/aromatic N) is 4. The van der Waals surface area contributed by atoms with Crippen LogP contribution in [0.15, 0.2) is 54.6 Å². The first-order valence-corrected chi connectivity index (χ1v) is 12.4. The van der Waals surface area contributed by atoms with Crippen molar-refractivity contribution in [2.45, 2.75) is 32.7 Å². The maximum absolute atomic E-state index is 12.2. The summed E-state index contributed by atoms with van der Waals surface area (Å²) >= 11 is 0. The van der Waals surface area contributed by atoms with Gasteiger partial charge in [0.2, 0.25) is 5.82 Å². The Kier molecular flexibility index (Phi) is 8.25. The zero-order valence-electron chi connectivity index (χ0n) is 18.3. The van der Waals surface area contributed by atoms with Crippen LogP contribution in [0.4, 0.5) is 0 Å². The molecule has 2 N–H and O–H groups in total. The number of amides is 2. The SMILES string of the molecule is CCCCCS(=O)(=O)CC(=O)NNC(=O)c1ccc(Cn2nnc(-c3ccccc3)n2)cc1. The quantitative estimate of drug-likeness (QED) is 0.340. The van der Waals surface area contributed by atoms with Gasteiger partial charge in [-0.1, -0.05) is 62.2 Å². The van der Waals surface area contributed by atoms with Crippen LogP contribution in [0.25, 0.3) is 11.4 Å². The number of sulfone groups is 1. The molecular weight excluding hydrogens is 444 g/mol. The van der Waals surface area contributed by atoms with Gasteiger partial charge >= 0.3 is 0 Å². The third kappa shape index (κ3) is 7.49. The van der Waals surface area contributed by atoms with Crippen molar-refractivity contribution >= 4 is 21.7 Å². The molecule has 2 aromatic carbocycles. The second kappa shape index (κ2) is 11.3. The zero-order chi connectivity index (χ0) is 23.7. The van der Waals surface area contributed by atoms with E-state index in [0.29, 0.717) is 24.4 Å². The molecule has 2 amide bonds. The smallest absolute Gasteiger partial charge is 0.269 e. The first-order chi connectivity index (χ1) is 15.9. The molecule has 0 spiro atoms. The van der Waals surface area contributed by atoms with E-state index >= 15 is 0 Å². The van der Waals surface area contributed by atoms with Gasteiger partial charge in [0.15, 0.2) is 9.84 Å². The van der Waals surface area contributed by atoms with Crippen molar-refractivity contribution in [1.82, 2.24) is 31.1 Å².